The van der Waals surface area contributed by atoms with Gasteiger partial charge in [-0.1, -0.05) is 6.07 Å². The highest BCUT2D eigenvalue weighted by atomic mass is 19.1. The second-order valence-electron chi connectivity index (χ2n) is 6.86. The molecule has 1 aromatic carbocycles. The Kier molecular flexibility index (Phi) is 7.47. The molecule has 1 atom stereocenters. The Labute approximate surface area is 165 Å². The molecule has 3 rings (SSSR count). The molecule has 2 fully saturated rings. The molecule has 0 bridgehead atoms. The average molecular weight is 392 g/mol. The van der Waals surface area contributed by atoms with Gasteiger partial charge in [0.2, 0.25) is 0 Å². The first-order valence-corrected chi connectivity index (χ1v) is 9.99. The Morgan fingerprint density at radius 1 is 1.32 bits per heavy atom. The Hall–Kier alpha value is -2.35. The minimum Gasteiger partial charge on any atom is -0.492 e. The van der Waals surface area contributed by atoms with Crippen molar-refractivity contribution in [3.63, 3.8) is 0 Å². The Morgan fingerprint density at radius 2 is 2.11 bits per heavy atom. The summed E-state index contributed by atoms with van der Waals surface area (Å²) in [4.78, 5) is 21.1. The molecule has 0 saturated carbocycles. The lowest BCUT2D eigenvalue weighted by molar-refractivity contribution is -0.142. The number of nitrogens with one attached hydrogen (secondary N) is 1. The predicted molar refractivity (Wildman–Crippen MR) is 105 cm³/mol. The molecule has 154 valence electrons. The lowest BCUT2D eigenvalue weighted by Crippen LogP contribution is -2.55. The molecular formula is C20H29FN4O3. The lowest BCUT2D eigenvalue weighted by Gasteiger charge is -2.37. The SMILES string of the molecule is CCNC(=NCCOc1cccc(F)c1)N1CCN(C(=O)C2CCCO2)CC1. The van der Waals surface area contributed by atoms with Crippen molar-refractivity contribution in [2.45, 2.75) is 25.9 Å². The number of piperazine rings is 1. The van der Waals surface area contributed by atoms with E-state index in [9.17, 15) is 9.18 Å². The number of aliphatic imine (C=N–C) groups is 1. The topological polar surface area (TPSA) is 66.4 Å². The van der Waals surface area contributed by atoms with Crippen molar-refractivity contribution >= 4 is 11.9 Å². The van der Waals surface area contributed by atoms with Crippen LogP contribution in [-0.4, -0.2) is 80.3 Å². The summed E-state index contributed by atoms with van der Waals surface area (Å²) in [6.07, 6.45) is 1.54. The zero-order valence-electron chi connectivity index (χ0n) is 16.4. The molecule has 1 N–H and O–H groups in total. The number of ether oxygens (including phenoxy) is 2. The number of halogens is 1. The summed E-state index contributed by atoms with van der Waals surface area (Å²) in [5.74, 6) is 1.11. The summed E-state index contributed by atoms with van der Waals surface area (Å²) in [6, 6.07) is 6.09. The van der Waals surface area contributed by atoms with Crippen molar-refractivity contribution in [1.82, 2.24) is 15.1 Å². The van der Waals surface area contributed by atoms with E-state index in [2.05, 4.69) is 15.2 Å². The van der Waals surface area contributed by atoms with Gasteiger partial charge in [0, 0.05) is 45.4 Å². The second-order valence-corrected chi connectivity index (χ2v) is 6.86. The van der Waals surface area contributed by atoms with Crippen LogP contribution in [0.3, 0.4) is 0 Å². The zero-order chi connectivity index (χ0) is 19.8. The van der Waals surface area contributed by atoms with E-state index in [-0.39, 0.29) is 17.8 Å². The van der Waals surface area contributed by atoms with Crippen LogP contribution in [0.25, 0.3) is 0 Å². The number of carbonyl (C=O) groups excluding carboxylic acids is 1. The van der Waals surface area contributed by atoms with E-state index in [1.807, 2.05) is 11.8 Å². The maximum atomic E-state index is 13.2. The van der Waals surface area contributed by atoms with Gasteiger partial charge in [-0.25, -0.2) is 9.38 Å². The fourth-order valence-electron chi connectivity index (χ4n) is 3.41. The number of hydrogen-bond acceptors (Lipinski definition) is 4. The number of hydrogen-bond donors (Lipinski definition) is 1. The van der Waals surface area contributed by atoms with Crippen molar-refractivity contribution < 1.29 is 18.7 Å². The first-order valence-electron chi connectivity index (χ1n) is 9.99. The highest BCUT2D eigenvalue weighted by Gasteiger charge is 2.30. The van der Waals surface area contributed by atoms with Gasteiger partial charge in [-0.2, -0.15) is 0 Å². The molecule has 8 heteroatoms. The van der Waals surface area contributed by atoms with Gasteiger partial charge in [-0.3, -0.25) is 4.79 Å². The van der Waals surface area contributed by atoms with Crippen LogP contribution in [-0.2, 0) is 9.53 Å². The van der Waals surface area contributed by atoms with Gasteiger partial charge >= 0.3 is 0 Å². The highest BCUT2D eigenvalue weighted by molar-refractivity contribution is 5.82. The molecule has 1 aromatic rings. The van der Waals surface area contributed by atoms with Gasteiger partial charge in [0.05, 0.1) is 6.54 Å². The molecular weight excluding hydrogens is 363 g/mol. The van der Waals surface area contributed by atoms with Crippen LogP contribution < -0.4 is 10.1 Å². The number of guanidine groups is 1. The number of nitrogens with zero attached hydrogens (tertiary/aromatic N) is 3. The second kappa shape index (κ2) is 10.3. The molecule has 1 unspecified atom stereocenters. The van der Waals surface area contributed by atoms with Crippen molar-refractivity contribution in [3.05, 3.63) is 30.1 Å². The van der Waals surface area contributed by atoms with Gasteiger partial charge in [0.15, 0.2) is 5.96 Å². The normalized spacial score (nSPS) is 20.4. The number of benzene rings is 1. The third-order valence-corrected chi connectivity index (χ3v) is 4.85. The van der Waals surface area contributed by atoms with Crippen LogP contribution in [0.5, 0.6) is 5.75 Å². The van der Waals surface area contributed by atoms with E-state index in [1.54, 1.807) is 12.1 Å². The molecule has 2 saturated heterocycles. The van der Waals surface area contributed by atoms with E-state index in [0.29, 0.717) is 38.6 Å². The van der Waals surface area contributed by atoms with Crippen molar-refractivity contribution in [1.29, 1.82) is 0 Å². The molecule has 2 aliphatic heterocycles. The largest absolute Gasteiger partial charge is 0.492 e. The monoisotopic (exact) mass is 392 g/mol. The first kappa shape index (κ1) is 20.4. The predicted octanol–water partition coefficient (Wildman–Crippen LogP) is 1.49. The highest BCUT2D eigenvalue weighted by Crippen LogP contribution is 2.16. The van der Waals surface area contributed by atoms with Crippen LogP contribution in [0.1, 0.15) is 19.8 Å². The summed E-state index contributed by atoms with van der Waals surface area (Å²) in [5, 5.41) is 3.29. The molecule has 1 amide bonds. The van der Waals surface area contributed by atoms with Crippen LogP contribution in [0, 0.1) is 5.82 Å². The smallest absolute Gasteiger partial charge is 0.251 e. The number of amides is 1. The van der Waals surface area contributed by atoms with Gasteiger partial charge in [0.25, 0.3) is 5.91 Å². The molecule has 28 heavy (non-hydrogen) atoms. The molecule has 2 heterocycles. The van der Waals surface area contributed by atoms with E-state index in [1.165, 1.54) is 12.1 Å². The molecule has 0 spiro atoms. The van der Waals surface area contributed by atoms with E-state index >= 15 is 0 Å². The molecule has 0 radical (unpaired) electrons. The standard InChI is InChI=1S/C20H29FN4O3/c1-2-22-20(23-8-14-27-17-6-3-5-16(21)15-17)25-11-9-24(10-12-25)19(26)18-7-4-13-28-18/h3,5-6,15,18H,2,4,7-14H2,1H3,(H,22,23). The first-order chi connectivity index (χ1) is 13.7. The van der Waals surface area contributed by atoms with Crippen molar-refractivity contribution in [2.75, 3.05) is 52.5 Å². The number of carbonyl (C=O) groups is 1. The third kappa shape index (κ3) is 5.58. The number of rotatable bonds is 6. The van der Waals surface area contributed by atoms with Crippen LogP contribution in [0.4, 0.5) is 4.39 Å². The summed E-state index contributed by atoms with van der Waals surface area (Å²) < 4.78 is 24.2. The van der Waals surface area contributed by atoms with Crippen molar-refractivity contribution in [2.24, 2.45) is 4.99 Å². The minimum absolute atomic E-state index is 0.114. The average Bonchev–Trinajstić information content (AvgIpc) is 3.25. The zero-order valence-corrected chi connectivity index (χ0v) is 16.4. The fraction of sp³-hybridized carbons (Fsp3) is 0.600. The molecule has 0 aliphatic carbocycles. The quantitative estimate of drug-likeness (QED) is 0.451. The van der Waals surface area contributed by atoms with Gasteiger partial charge in [-0.15, -0.1) is 0 Å². The van der Waals surface area contributed by atoms with Crippen LogP contribution in [0.15, 0.2) is 29.3 Å². The van der Waals surface area contributed by atoms with Crippen molar-refractivity contribution in [3.8, 4) is 5.75 Å². The van der Waals surface area contributed by atoms with E-state index in [0.717, 1.165) is 38.4 Å². The van der Waals surface area contributed by atoms with Gasteiger partial charge in [0.1, 0.15) is 24.3 Å². The molecule has 7 nitrogen and oxygen atoms in total. The van der Waals surface area contributed by atoms with E-state index < -0.39 is 0 Å². The lowest BCUT2D eigenvalue weighted by atomic mass is 10.2. The minimum atomic E-state index is -0.315. The van der Waals surface area contributed by atoms with Gasteiger partial charge in [-0.05, 0) is 31.9 Å². The Morgan fingerprint density at radius 3 is 2.79 bits per heavy atom. The van der Waals surface area contributed by atoms with Crippen LogP contribution >= 0.6 is 0 Å². The maximum absolute atomic E-state index is 13.2. The Bertz CT molecular complexity index is 671. The molecule has 0 aromatic heterocycles. The fourth-order valence-corrected chi connectivity index (χ4v) is 3.41. The summed E-state index contributed by atoms with van der Waals surface area (Å²) in [6.45, 7) is 7.11. The molecule has 2 aliphatic rings. The van der Waals surface area contributed by atoms with E-state index in [4.69, 9.17) is 9.47 Å². The third-order valence-electron chi connectivity index (χ3n) is 4.85. The summed E-state index contributed by atoms with van der Waals surface area (Å²) in [5.41, 5.74) is 0. The Balaban J connectivity index is 1.47. The van der Waals surface area contributed by atoms with Gasteiger partial charge < -0.3 is 24.6 Å². The summed E-state index contributed by atoms with van der Waals surface area (Å²) in [7, 11) is 0. The maximum Gasteiger partial charge on any atom is 0.251 e. The summed E-state index contributed by atoms with van der Waals surface area (Å²) >= 11 is 0. The van der Waals surface area contributed by atoms with Crippen LogP contribution in [0.2, 0.25) is 0 Å².